The van der Waals surface area contributed by atoms with Crippen molar-refractivity contribution in [2.24, 2.45) is 0 Å². The molecule has 2 aromatic carbocycles. The van der Waals surface area contributed by atoms with E-state index in [1.807, 2.05) is 13.0 Å². The van der Waals surface area contributed by atoms with Crippen LogP contribution in [-0.4, -0.2) is 30.1 Å². The van der Waals surface area contributed by atoms with Gasteiger partial charge in [0.05, 0.1) is 13.4 Å². The number of methoxy groups -OCH3 is 1. The highest BCUT2D eigenvalue weighted by Crippen LogP contribution is 2.37. The number of unbranched alkanes of at least 4 members (excludes halogenated alkanes) is 1. The van der Waals surface area contributed by atoms with Crippen molar-refractivity contribution in [1.29, 1.82) is 0 Å². The van der Waals surface area contributed by atoms with Gasteiger partial charge in [-0.05, 0) is 42.7 Å². The molecule has 6 nitrogen and oxygen atoms in total. The molecular formula is C25H26FNO5. The predicted molar refractivity (Wildman–Crippen MR) is 121 cm³/mol. The molecule has 1 unspecified atom stereocenters. The fourth-order valence-electron chi connectivity index (χ4n) is 3.54. The van der Waals surface area contributed by atoms with E-state index >= 15 is 0 Å². The molecule has 0 saturated heterocycles. The SMILES string of the molecule is CCCCC(NC(=O)/C=C(\C)c1cc2c(-c3ccc(F)cc3)coc2cc1OC)C(=O)O. The minimum absolute atomic E-state index is 0.327. The van der Waals surface area contributed by atoms with Gasteiger partial charge in [-0.3, -0.25) is 4.79 Å². The van der Waals surface area contributed by atoms with Gasteiger partial charge in [0.25, 0.3) is 0 Å². The van der Waals surface area contributed by atoms with Crippen LogP contribution in [0.5, 0.6) is 5.75 Å². The molecule has 0 bridgehead atoms. The van der Waals surface area contributed by atoms with Crippen LogP contribution in [0.4, 0.5) is 4.39 Å². The topological polar surface area (TPSA) is 88.8 Å². The van der Waals surface area contributed by atoms with E-state index in [0.717, 1.165) is 22.9 Å². The standard InChI is InChI=1S/C25H26FNO5/c1-4-5-6-21(25(29)30)27-24(28)11-15(2)18-12-19-20(16-7-9-17(26)10-8-16)14-32-23(19)13-22(18)31-3/h7-14,21H,4-6H2,1-3H3,(H,27,28)(H,29,30)/b15-11+. The minimum atomic E-state index is -1.06. The van der Waals surface area contributed by atoms with Crippen LogP contribution in [0.15, 0.2) is 53.2 Å². The highest BCUT2D eigenvalue weighted by molar-refractivity contribution is 6.01. The number of nitrogens with one attached hydrogen (secondary N) is 1. The zero-order valence-corrected chi connectivity index (χ0v) is 18.3. The third-order valence-electron chi connectivity index (χ3n) is 5.28. The lowest BCUT2D eigenvalue weighted by atomic mass is 9.99. The quantitative estimate of drug-likeness (QED) is 0.435. The number of hydrogen-bond acceptors (Lipinski definition) is 4. The van der Waals surface area contributed by atoms with Gasteiger partial charge in [-0.1, -0.05) is 31.9 Å². The van der Waals surface area contributed by atoms with Crippen molar-refractivity contribution in [3.63, 3.8) is 0 Å². The molecule has 0 aliphatic carbocycles. The Morgan fingerprint density at radius 3 is 2.59 bits per heavy atom. The van der Waals surface area contributed by atoms with E-state index in [-0.39, 0.29) is 5.82 Å². The first-order valence-corrected chi connectivity index (χ1v) is 10.4. The summed E-state index contributed by atoms with van der Waals surface area (Å²) in [7, 11) is 1.52. The number of aliphatic carboxylic acids is 1. The summed E-state index contributed by atoms with van der Waals surface area (Å²) >= 11 is 0. The molecule has 1 atom stereocenters. The van der Waals surface area contributed by atoms with Crippen molar-refractivity contribution in [1.82, 2.24) is 5.32 Å². The Morgan fingerprint density at radius 1 is 1.25 bits per heavy atom. The average Bonchev–Trinajstić information content (AvgIpc) is 3.18. The Morgan fingerprint density at radius 2 is 1.97 bits per heavy atom. The molecule has 0 aliphatic rings. The lowest BCUT2D eigenvalue weighted by Gasteiger charge is -2.14. The predicted octanol–water partition coefficient (Wildman–Crippen LogP) is 5.41. The van der Waals surface area contributed by atoms with E-state index in [0.29, 0.717) is 35.3 Å². The van der Waals surface area contributed by atoms with Crippen LogP contribution in [0.3, 0.4) is 0 Å². The Hall–Kier alpha value is -3.61. The lowest BCUT2D eigenvalue weighted by Crippen LogP contribution is -2.40. The second kappa shape index (κ2) is 10.1. The Kier molecular flexibility index (Phi) is 7.30. The van der Waals surface area contributed by atoms with Crippen LogP contribution in [0, 0.1) is 5.82 Å². The van der Waals surface area contributed by atoms with Crippen LogP contribution in [0.25, 0.3) is 27.7 Å². The molecule has 0 spiro atoms. The summed E-state index contributed by atoms with van der Waals surface area (Å²) in [6.45, 7) is 3.71. The van der Waals surface area contributed by atoms with Gasteiger partial charge in [0.1, 0.15) is 23.2 Å². The van der Waals surface area contributed by atoms with Gasteiger partial charge in [-0.25, -0.2) is 9.18 Å². The minimum Gasteiger partial charge on any atom is -0.496 e. The summed E-state index contributed by atoms with van der Waals surface area (Å²) in [5.74, 6) is -1.36. The monoisotopic (exact) mass is 439 g/mol. The van der Waals surface area contributed by atoms with Crippen LogP contribution < -0.4 is 10.1 Å². The van der Waals surface area contributed by atoms with Crippen LogP contribution >= 0.6 is 0 Å². The van der Waals surface area contributed by atoms with E-state index in [1.165, 1.54) is 25.3 Å². The average molecular weight is 439 g/mol. The first-order valence-electron chi connectivity index (χ1n) is 10.4. The smallest absolute Gasteiger partial charge is 0.326 e. The van der Waals surface area contributed by atoms with Gasteiger partial charge in [-0.2, -0.15) is 0 Å². The second-order valence-corrected chi connectivity index (χ2v) is 7.57. The molecule has 1 amide bonds. The summed E-state index contributed by atoms with van der Waals surface area (Å²) < 4.78 is 24.5. The van der Waals surface area contributed by atoms with Crippen molar-refractivity contribution in [3.8, 4) is 16.9 Å². The third kappa shape index (κ3) is 5.17. The van der Waals surface area contributed by atoms with Gasteiger partial charge in [0, 0.05) is 28.7 Å². The number of hydrogen-bond donors (Lipinski definition) is 2. The number of rotatable bonds is 9. The van der Waals surface area contributed by atoms with E-state index in [4.69, 9.17) is 9.15 Å². The number of fused-ring (bicyclic) bond motifs is 1. The number of carbonyl (C=O) groups is 2. The maximum atomic E-state index is 13.3. The molecular weight excluding hydrogens is 413 g/mol. The van der Waals surface area contributed by atoms with E-state index < -0.39 is 17.9 Å². The molecule has 0 fully saturated rings. The molecule has 2 N–H and O–H groups in total. The normalized spacial score (nSPS) is 12.6. The number of carboxylic acid groups (broad SMARTS) is 1. The summed E-state index contributed by atoms with van der Waals surface area (Å²) in [5.41, 5.74) is 3.44. The van der Waals surface area contributed by atoms with Gasteiger partial charge in [-0.15, -0.1) is 0 Å². The number of carbonyl (C=O) groups excluding carboxylic acids is 1. The molecule has 168 valence electrons. The van der Waals surface area contributed by atoms with Gasteiger partial charge >= 0.3 is 5.97 Å². The molecule has 7 heteroatoms. The van der Waals surface area contributed by atoms with Crippen LogP contribution in [-0.2, 0) is 9.59 Å². The Labute approximate surface area is 185 Å². The summed E-state index contributed by atoms with van der Waals surface area (Å²) in [5, 5.41) is 12.7. The molecule has 0 saturated carbocycles. The van der Waals surface area contributed by atoms with Crippen molar-refractivity contribution in [2.75, 3.05) is 7.11 Å². The molecule has 3 rings (SSSR count). The Balaban J connectivity index is 1.95. The van der Waals surface area contributed by atoms with E-state index in [2.05, 4.69) is 5.32 Å². The highest BCUT2D eigenvalue weighted by atomic mass is 19.1. The number of halogens is 1. The van der Waals surface area contributed by atoms with E-state index in [1.54, 1.807) is 31.4 Å². The molecule has 32 heavy (non-hydrogen) atoms. The number of amides is 1. The largest absolute Gasteiger partial charge is 0.496 e. The first-order chi connectivity index (χ1) is 15.3. The number of ether oxygens (including phenoxy) is 1. The maximum absolute atomic E-state index is 13.3. The summed E-state index contributed by atoms with van der Waals surface area (Å²) in [6, 6.07) is 8.74. The van der Waals surface area contributed by atoms with Crippen molar-refractivity contribution in [3.05, 3.63) is 60.1 Å². The number of benzene rings is 2. The molecule has 0 radical (unpaired) electrons. The number of allylic oxidation sites excluding steroid dienone is 1. The second-order valence-electron chi connectivity index (χ2n) is 7.57. The molecule has 3 aromatic rings. The lowest BCUT2D eigenvalue weighted by molar-refractivity contribution is -0.141. The fraction of sp³-hybridized carbons (Fsp3) is 0.280. The summed E-state index contributed by atoms with van der Waals surface area (Å²) in [6.07, 6.45) is 4.88. The van der Waals surface area contributed by atoms with Gasteiger partial charge in [0.15, 0.2) is 0 Å². The zero-order valence-electron chi connectivity index (χ0n) is 18.3. The number of furan rings is 1. The zero-order chi connectivity index (χ0) is 23.3. The van der Waals surface area contributed by atoms with Crippen molar-refractivity contribution >= 4 is 28.4 Å². The fourth-order valence-corrected chi connectivity index (χ4v) is 3.54. The maximum Gasteiger partial charge on any atom is 0.326 e. The molecule has 1 aromatic heterocycles. The number of carboxylic acids is 1. The third-order valence-corrected chi connectivity index (χ3v) is 5.28. The van der Waals surface area contributed by atoms with Gasteiger partial charge < -0.3 is 19.6 Å². The summed E-state index contributed by atoms with van der Waals surface area (Å²) in [4.78, 5) is 23.9. The molecule has 0 aliphatic heterocycles. The molecule has 1 heterocycles. The van der Waals surface area contributed by atoms with Crippen molar-refractivity contribution < 1.29 is 28.2 Å². The van der Waals surface area contributed by atoms with E-state index in [9.17, 15) is 19.1 Å². The first kappa shape index (κ1) is 23.1. The van der Waals surface area contributed by atoms with Crippen LogP contribution in [0.2, 0.25) is 0 Å². The highest BCUT2D eigenvalue weighted by Gasteiger charge is 2.19. The van der Waals surface area contributed by atoms with Crippen molar-refractivity contribution in [2.45, 2.75) is 39.2 Å². The van der Waals surface area contributed by atoms with Gasteiger partial charge in [0.2, 0.25) is 5.91 Å². The van der Waals surface area contributed by atoms with Crippen LogP contribution in [0.1, 0.15) is 38.7 Å². The Bertz CT molecular complexity index is 1150.